The van der Waals surface area contributed by atoms with Crippen LogP contribution in [0.4, 0.5) is 0 Å². The van der Waals surface area contributed by atoms with E-state index in [4.69, 9.17) is 4.74 Å². The van der Waals surface area contributed by atoms with Crippen molar-refractivity contribution in [2.24, 2.45) is 5.92 Å². The molecule has 1 atom stereocenters. The van der Waals surface area contributed by atoms with E-state index in [9.17, 15) is 4.79 Å². The van der Waals surface area contributed by atoms with Crippen LogP contribution in [-0.2, 0) is 4.74 Å². The molecule has 2 heterocycles. The van der Waals surface area contributed by atoms with Crippen LogP contribution in [0.2, 0.25) is 0 Å². The van der Waals surface area contributed by atoms with Gasteiger partial charge in [0, 0.05) is 24.6 Å². The summed E-state index contributed by atoms with van der Waals surface area (Å²) in [6, 6.07) is 2.07. The molecular formula is C12H16BrNO2S. The molecule has 0 aliphatic carbocycles. The van der Waals surface area contributed by atoms with E-state index in [1.54, 1.807) is 0 Å². The Balaban J connectivity index is 1.89. The fourth-order valence-corrected chi connectivity index (χ4v) is 3.19. The van der Waals surface area contributed by atoms with Crippen LogP contribution < -0.4 is 5.32 Å². The van der Waals surface area contributed by atoms with Gasteiger partial charge in [0.15, 0.2) is 0 Å². The van der Waals surface area contributed by atoms with Gasteiger partial charge in [-0.2, -0.15) is 0 Å². The van der Waals surface area contributed by atoms with E-state index in [2.05, 4.69) is 28.2 Å². The van der Waals surface area contributed by atoms with Crippen LogP contribution in [0.25, 0.3) is 0 Å². The van der Waals surface area contributed by atoms with Crippen molar-refractivity contribution in [3.8, 4) is 0 Å². The number of thiophene rings is 1. The molecule has 0 bridgehead atoms. The van der Waals surface area contributed by atoms with E-state index in [-0.39, 0.29) is 11.9 Å². The molecule has 1 aliphatic rings. The summed E-state index contributed by atoms with van der Waals surface area (Å²) in [4.78, 5) is 12.0. The Morgan fingerprint density at radius 1 is 1.59 bits per heavy atom. The molecule has 1 aromatic rings. The zero-order valence-corrected chi connectivity index (χ0v) is 12.1. The Morgan fingerprint density at radius 3 is 2.88 bits per heavy atom. The van der Waals surface area contributed by atoms with Gasteiger partial charge in [0.05, 0.1) is 9.35 Å². The Hall–Kier alpha value is -0.390. The van der Waals surface area contributed by atoms with Crippen molar-refractivity contribution in [3.05, 3.63) is 20.8 Å². The first-order valence-corrected chi connectivity index (χ1v) is 7.46. The summed E-state index contributed by atoms with van der Waals surface area (Å²) in [5.74, 6) is 0.556. The molecule has 0 saturated carbocycles. The van der Waals surface area contributed by atoms with Gasteiger partial charge in [-0.1, -0.05) is 0 Å². The second-order valence-electron chi connectivity index (χ2n) is 4.35. The SMILES string of the molecule is CC(NC(=O)c1csc(Br)c1)C1CCOCC1. The summed E-state index contributed by atoms with van der Waals surface area (Å²) in [6.45, 7) is 3.71. The number of carbonyl (C=O) groups excluding carboxylic acids is 1. The first-order chi connectivity index (χ1) is 8.16. The van der Waals surface area contributed by atoms with Crippen LogP contribution in [-0.4, -0.2) is 25.2 Å². The highest BCUT2D eigenvalue weighted by molar-refractivity contribution is 9.11. The van der Waals surface area contributed by atoms with E-state index < -0.39 is 0 Å². The maximum absolute atomic E-state index is 12.0. The summed E-state index contributed by atoms with van der Waals surface area (Å²) >= 11 is 4.90. The van der Waals surface area contributed by atoms with E-state index in [0.717, 1.165) is 35.4 Å². The lowest BCUT2D eigenvalue weighted by molar-refractivity contribution is 0.0538. The van der Waals surface area contributed by atoms with Crippen LogP contribution in [0.15, 0.2) is 15.2 Å². The third kappa shape index (κ3) is 3.53. The van der Waals surface area contributed by atoms with Gasteiger partial charge >= 0.3 is 0 Å². The molecule has 17 heavy (non-hydrogen) atoms. The second-order valence-corrected chi connectivity index (χ2v) is 6.64. The number of ether oxygens (including phenoxy) is 1. The summed E-state index contributed by atoms with van der Waals surface area (Å²) in [5.41, 5.74) is 0.737. The van der Waals surface area contributed by atoms with Gasteiger partial charge < -0.3 is 10.1 Å². The average molecular weight is 318 g/mol. The largest absolute Gasteiger partial charge is 0.381 e. The lowest BCUT2D eigenvalue weighted by Gasteiger charge is -2.28. The molecule has 3 nitrogen and oxygen atoms in total. The molecule has 94 valence electrons. The highest BCUT2D eigenvalue weighted by atomic mass is 79.9. The monoisotopic (exact) mass is 317 g/mol. The first-order valence-electron chi connectivity index (χ1n) is 5.79. The van der Waals surface area contributed by atoms with Crippen LogP contribution in [0, 0.1) is 5.92 Å². The highest BCUT2D eigenvalue weighted by Gasteiger charge is 2.22. The molecule has 1 amide bonds. The number of halogens is 1. The minimum atomic E-state index is 0.0194. The fourth-order valence-electron chi connectivity index (χ4n) is 2.05. The quantitative estimate of drug-likeness (QED) is 0.930. The third-order valence-corrected chi connectivity index (χ3v) is 4.67. The Bertz CT molecular complexity index is 388. The maximum Gasteiger partial charge on any atom is 0.252 e. The normalized spacial score (nSPS) is 18.9. The van der Waals surface area contributed by atoms with Crippen molar-refractivity contribution in [1.82, 2.24) is 5.32 Å². The number of rotatable bonds is 3. The summed E-state index contributed by atoms with van der Waals surface area (Å²) < 4.78 is 6.31. The molecule has 1 saturated heterocycles. The molecule has 1 fully saturated rings. The first kappa shape index (κ1) is 13.1. The lowest BCUT2D eigenvalue weighted by atomic mass is 9.93. The highest BCUT2D eigenvalue weighted by Crippen LogP contribution is 2.22. The van der Waals surface area contributed by atoms with E-state index in [1.807, 2.05) is 11.4 Å². The van der Waals surface area contributed by atoms with Crippen molar-refractivity contribution in [2.75, 3.05) is 13.2 Å². The Morgan fingerprint density at radius 2 is 2.29 bits per heavy atom. The second kappa shape index (κ2) is 5.98. The molecular weight excluding hydrogens is 302 g/mol. The fraction of sp³-hybridized carbons (Fsp3) is 0.583. The molecule has 1 N–H and O–H groups in total. The number of carbonyl (C=O) groups is 1. The minimum Gasteiger partial charge on any atom is -0.381 e. The van der Waals surface area contributed by atoms with Gasteiger partial charge in [-0.15, -0.1) is 11.3 Å². The maximum atomic E-state index is 12.0. The van der Waals surface area contributed by atoms with Crippen LogP contribution in [0.1, 0.15) is 30.1 Å². The zero-order chi connectivity index (χ0) is 12.3. The van der Waals surface area contributed by atoms with Crippen LogP contribution in [0.3, 0.4) is 0 Å². The molecule has 0 aromatic carbocycles. The third-order valence-electron chi connectivity index (χ3n) is 3.16. The summed E-state index contributed by atoms with van der Waals surface area (Å²) in [5, 5.41) is 4.94. The Kier molecular flexibility index (Phi) is 4.59. The van der Waals surface area contributed by atoms with Crippen molar-refractivity contribution in [2.45, 2.75) is 25.8 Å². The van der Waals surface area contributed by atoms with Crippen molar-refractivity contribution in [1.29, 1.82) is 0 Å². The smallest absolute Gasteiger partial charge is 0.252 e. The Labute approximate surface area is 114 Å². The minimum absolute atomic E-state index is 0.0194. The molecule has 2 rings (SSSR count). The standard InChI is InChI=1S/C12H16BrNO2S/c1-8(9-2-4-16-5-3-9)14-12(15)10-6-11(13)17-7-10/h6-9H,2-5H2,1H3,(H,14,15). The molecule has 1 aromatic heterocycles. The van der Waals surface area contributed by atoms with E-state index in [1.165, 1.54) is 11.3 Å². The van der Waals surface area contributed by atoms with Crippen molar-refractivity contribution < 1.29 is 9.53 Å². The van der Waals surface area contributed by atoms with Crippen LogP contribution >= 0.6 is 27.3 Å². The van der Waals surface area contributed by atoms with Crippen molar-refractivity contribution in [3.63, 3.8) is 0 Å². The molecule has 0 spiro atoms. The lowest BCUT2D eigenvalue weighted by Crippen LogP contribution is -2.40. The van der Waals surface area contributed by atoms with Crippen LogP contribution in [0.5, 0.6) is 0 Å². The predicted molar refractivity (Wildman–Crippen MR) is 72.5 cm³/mol. The molecule has 1 unspecified atom stereocenters. The zero-order valence-electron chi connectivity index (χ0n) is 9.74. The van der Waals surface area contributed by atoms with Gasteiger partial charge in [-0.3, -0.25) is 4.79 Å². The van der Waals surface area contributed by atoms with E-state index in [0.29, 0.717) is 5.92 Å². The van der Waals surface area contributed by atoms with Gasteiger partial charge in [0.2, 0.25) is 0 Å². The topological polar surface area (TPSA) is 38.3 Å². The van der Waals surface area contributed by atoms with Gasteiger partial charge in [-0.05, 0) is 47.7 Å². The predicted octanol–water partition coefficient (Wildman–Crippen LogP) is 3.06. The van der Waals surface area contributed by atoms with Gasteiger partial charge in [0.1, 0.15) is 0 Å². The number of amides is 1. The van der Waals surface area contributed by atoms with Gasteiger partial charge in [0.25, 0.3) is 5.91 Å². The van der Waals surface area contributed by atoms with Crippen molar-refractivity contribution >= 4 is 33.2 Å². The van der Waals surface area contributed by atoms with Gasteiger partial charge in [-0.25, -0.2) is 0 Å². The molecule has 1 aliphatic heterocycles. The van der Waals surface area contributed by atoms with E-state index >= 15 is 0 Å². The average Bonchev–Trinajstić information content (AvgIpc) is 2.77. The molecule has 5 heteroatoms. The summed E-state index contributed by atoms with van der Waals surface area (Å²) in [6.07, 6.45) is 2.07. The summed E-state index contributed by atoms with van der Waals surface area (Å²) in [7, 11) is 0. The number of hydrogen-bond acceptors (Lipinski definition) is 3. The number of hydrogen-bond donors (Lipinski definition) is 1. The number of nitrogens with one attached hydrogen (secondary N) is 1. The molecule has 0 radical (unpaired) electrons.